The third-order valence-electron chi connectivity index (χ3n) is 3.17. The van der Waals surface area contributed by atoms with E-state index in [-0.39, 0.29) is 18.1 Å². The lowest BCUT2D eigenvalue weighted by Crippen LogP contribution is -2.24. The fourth-order valence-electron chi connectivity index (χ4n) is 2.07. The average molecular weight is 400 g/mol. The largest absolute Gasteiger partial charge is 0.454 e. The third-order valence-corrected chi connectivity index (χ3v) is 3.58. The molecule has 24 heavy (non-hydrogen) atoms. The number of hydrogen-bond donors (Lipinski definition) is 1. The predicted octanol–water partition coefficient (Wildman–Crippen LogP) is 2.81. The molecule has 0 aliphatic carbocycles. The van der Waals surface area contributed by atoms with E-state index < -0.39 is 12.5 Å². The van der Waals surface area contributed by atoms with E-state index in [0.717, 1.165) is 10.7 Å². The highest BCUT2D eigenvalue weighted by Gasteiger charge is 2.15. The molecule has 0 aliphatic heterocycles. The van der Waals surface area contributed by atoms with Crippen LogP contribution >= 0.6 is 15.9 Å². The van der Waals surface area contributed by atoms with E-state index in [0.29, 0.717) is 16.9 Å². The number of amides is 1. The van der Waals surface area contributed by atoms with Gasteiger partial charge in [0.05, 0.1) is 23.8 Å². The minimum absolute atomic E-state index is 0.0616. The molecule has 0 bridgehead atoms. The van der Waals surface area contributed by atoms with Crippen molar-refractivity contribution in [2.75, 3.05) is 0 Å². The van der Waals surface area contributed by atoms with Gasteiger partial charge in [0.2, 0.25) is 0 Å². The smallest absolute Gasteiger partial charge is 0.319 e. The Morgan fingerprint density at radius 1 is 1.42 bits per heavy atom. The van der Waals surface area contributed by atoms with Crippen LogP contribution in [0.1, 0.15) is 28.7 Å². The van der Waals surface area contributed by atoms with Crippen LogP contribution in [-0.4, -0.2) is 25.2 Å². The summed E-state index contributed by atoms with van der Waals surface area (Å²) in [6, 6.07) is 3.17. The number of halogens is 3. The Bertz CT molecular complexity index is 842. The van der Waals surface area contributed by atoms with Crippen molar-refractivity contribution in [3.63, 3.8) is 0 Å². The van der Waals surface area contributed by atoms with Crippen molar-refractivity contribution >= 4 is 21.8 Å². The summed E-state index contributed by atoms with van der Waals surface area (Å²) in [4.78, 5) is 15.8. The van der Waals surface area contributed by atoms with Crippen LogP contribution in [0.3, 0.4) is 0 Å². The van der Waals surface area contributed by atoms with Crippen LogP contribution in [-0.2, 0) is 13.1 Å². The van der Waals surface area contributed by atoms with Crippen molar-refractivity contribution in [3.05, 3.63) is 58.7 Å². The zero-order valence-corrected chi connectivity index (χ0v) is 13.8. The Balaban J connectivity index is 1.60. The Hall–Kier alpha value is -2.49. The van der Waals surface area contributed by atoms with Crippen molar-refractivity contribution in [3.8, 4) is 0 Å². The fourth-order valence-corrected chi connectivity index (χ4v) is 2.40. The normalized spacial score (nSPS) is 11.2. The molecule has 126 valence electrons. The van der Waals surface area contributed by atoms with E-state index in [1.165, 1.54) is 12.3 Å². The highest BCUT2D eigenvalue weighted by Crippen LogP contribution is 2.14. The Morgan fingerprint density at radius 3 is 2.96 bits per heavy atom. The van der Waals surface area contributed by atoms with Gasteiger partial charge in [0.25, 0.3) is 5.91 Å². The third kappa shape index (κ3) is 3.70. The topological polar surface area (TPSA) is 77.9 Å². The lowest BCUT2D eigenvalue weighted by Gasteiger charge is -2.06. The quantitative estimate of drug-likeness (QED) is 0.691. The first-order valence-corrected chi connectivity index (χ1v) is 7.67. The summed E-state index contributed by atoms with van der Waals surface area (Å²) in [6.45, 7) is -2.46. The van der Waals surface area contributed by atoms with Crippen molar-refractivity contribution < 1.29 is 18.0 Å². The minimum atomic E-state index is -2.71. The average Bonchev–Trinajstić information content (AvgIpc) is 3.26. The number of hydrogen-bond acceptors (Lipinski definition) is 4. The van der Waals surface area contributed by atoms with E-state index in [2.05, 4.69) is 31.3 Å². The summed E-state index contributed by atoms with van der Waals surface area (Å²) < 4.78 is 34.0. The molecule has 0 atom stereocenters. The summed E-state index contributed by atoms with van der Waals surface area (Å²) in [5.74, 6) is 0.189. The summed E-state index contributed by atoms with van der Waals surface area (Å²) in [5, 5.41) is 6.59. The molecule has 7 nitrogen and oxygen atoms in total. The van der Waals surface area contributed by atoms with Gasteiger partial charge >= 0.3 is 6.55 Å². The molecule has 3 rings (SSSR count). The van der Waals surface area contributed by atoms with Crippen molar-refractivity contribution in [1.82, 2.24) is 24.6 Å². The maximum atomic E-state index is 12.7. The predicted molar refractivity (Wildman–Crippen MR) is 82.4 cm³/mol. The molecule has 0 fully saturated rings. The highest BCUT2D eigenvalue weighted by molar-refractivity contribution is 9.10. The van der Waals surface area contributed by atoms with Crippen molar-refractivity contribution in [2.45, 2.75) is 19.6 Å². The lowest BCUT2D eigenvalue weighted by molar-refractivity contribution is 0.0659. The molecule has 0 aromatic carbocycles. The second-order valence-electron chi connectivity index (χ2n) is 4.83. The van der Waals surface area contributed by atoms with Gasteiger partial charge in [-0.05, 0) is 28.1 Å². The molecular formula is C14H12BrF2N5O2. The maximum absolute atomic E-state index is 12.7. The molecule has 3 heterocycles. The standard InChI is InChI=1S/C14H12BrF2N5O2/c15-9-5-20-21(7-9)8-10-1-2-11(24-10)13(23)19-6-12-18-3-4-22(12)14(16)17/h1-5,7,14H,6,8H2,(H,19,23). The van der Waals surface area contributed by atoms with E-state index in [4.69, 9.17) is 4.42 Å². The first kappa shape index (κ1) is 16.4. The van der Waals surface area contributed by atoms with Gasteiger partial charge in [0.1, 0.15) is 11.6 Å². The van der Waals surface area contributed by atoms with Crippen LogP contribution in [0.2, 0.25) is 0 Å². The van der Waals surface area contributed by atoms with Gasteiger partial charge in [0, 0.05) is 18.6 Å². The monoisotopic (exact) mass is 399 g/mol. The van der Waals surface area contributed by atoms with Gasteiger partial charge in [-0.3, -0.25) is 14.0 Å². The SMILES string of the molecule is O=C(NCc1nccn1C(F)F)c1ccc(Cn2cc(Br)cn2)o1. The van der Waals surface area contributed by atoms with E-state index in [9.17, 15) is 13.6 Å². The number of imidazole rings is 1. The summed E-state index contributed by atoms with van der Waals surface area (Å²) >= 11 is 3.29. The second kappa shape index (κ2) is 6.95. The molecule has 1 N–H and O–H groups in total. The molecule has 0 unspecified atom stereocenters. The molecule has 0 saturated heterocycles. The van der Waals surface area contributed by atoms with Crippen LogP contribution < -0.4 is 5.32 Å². The molecule has 0 spiro atoms. The van der Waals surface area contributed by atoms with Gasteiger partial charge in [-0.1, -0.05) is 0 Å². The summed E-state index contributed by atoms with van der Waals surface area (Å²) in [6.07, 6.45) is 5.81. The molecule has 10 heteroatoms. The minimum Gasteiger partial charge on any atom is -0.454 e. The number of carbonyl (C=O) groups excluding carboxylic acids is 1. The maximum Gasteiger partial charge on any atom is 0.319 e. The second-order valence-corrected chi connectivity index (χ2v) is 5.75. The van der Waals surface area contributed by atoms with E-state index in [1.54, 1.807) is 23.1 Å². The summed E-state index contributed by atoms with van der Waals surface area (Å²) in [7, 11) is 0. The number of aromatic nitrogens is 4. The van der Waals surface area contributed by atoms with Crippen molar-refractivity contribution in [1.29, 1.82) is 0 Å². The molecule has 1 amide bonds. The zero-order valence-electron chi connectivity index (χ0n) is 12.2. The van der Waals surface area contributed by atoms with Crippen LogP contribution in [0, 0.1) is 0 Å². The van der Waals surface area contributed by atoms with Gasteiger partial charge < -0.3 is 9.73 Å². The highest BCUT2D eigenvalue weighted by atomic mass is 79.9. The molecule has 3 aromatic heterocycles. The Morgan fingerprint density at radius 2 is 2.25 bits per heavy atom. The number of carbonyl (C=O) groups is 1. The van der Waals surface area contributed by atoms with Gasteiger partial charge in [-0.25, -0.2) is 4.98 Å². The van der Waals surface area contributed by atoms with Gasteiger partial charge in [-0.2, -0.15) is 13.9 Å². The molecule has 0 aliphatic rings. The van der Waals surface area contributed by atoms with Gasteiger partial charge in [0.15, 0.2) is 5.76 Å². The number of alkyl halides is 2. The Labute approximate surface area is 143 Å². The molecular weight excluding hydrogens is 388 g/mol. The van der Waals surface area contributed by atoms with Crippen LogP contribution in [0.25, 0.3) is 0 Å². The Kier molecular flexibility index (Phi) is 4.74. The van der Waals surface area contributed by atoms with Crippen molar-refractivity contribution in [2.24, 2.45) is 0 Å². The molecule has 3 aromatic rings. The summed E-state index contributed by atoms with van der Waals surface area (Å²) in [5.41, 5.74) is 0. The number of nitrogens with zero attached hydrogens (tertiary/aromatic N) is 4. The first-order chi connectivity index (χ1) is 11.5. The fraction of sp³-hybridized carbons (Fsp3) is 0.214. The first-order valence-electron chi connectivity index (χ1n) is 6.87. The van der Waals surface area contributed by atoms with E-state index >= 15 is 0 Å². The number of nitrogens with one attached hydrogen (secondary N) is 1. The molecule has 0 radical (unpaired) electrons. The van der Waals surface area contributed by atoms with Gasteiger partial charge in [-0.15, -0.1) is 0 Å². The zero-order chi connectivity index (χ0) is 17.1. The van der Waals surface area contributed by atoms with E-state index in [1.807, 2.05) is 0 Å². The number of furan rings is 1. The van der Waals surface area contributed by atoms with Crippen LogP contribution in [0.5, 0.6) is 0 Å². The number of rotatable bonds is 6. The molecule has 0 saturated carbocycles. The lowest BCUT2D eigenvalue weighted by atomic mass is 10.4. The van der Waals surface area contributed by atoms with Crippen LogP contribution in [0.15, 0.2) is 45.8 Å². The van der Waals surface area contributed by atoms with Crippen LogP contribution in [0.4, 0.5) is 8.78 Å².